The molecular formula is C12H17NO4. The maximum Gasteiger partial charge on any atom is 0.335 e. The summed E-state index contributed by atoms with van der Waals surface area (Å²) in [5, 5.41) is 16.9. The van der Waals surface area contributed by atoms with Gasteiger partial charge in [0.2, 0.25) is 0 Å². The lowest BCUT2D eigenvalue weighted by Gasteiger charge is -2.00. The van der Waals surface area contributed by atoms with Gasteiger partial charge in [-0.05, 0) is 37.1 Å². The van der Waals surface area contributed by atoms with Gasteiger partial charge in [-0.2, -0.15) is 0 Å². The predicted molar refractivity (Wildman–Crippen MR) is 63.9 cm³/mol. The molecule has 0 spiro atoms. The molecule has 2 rings (SSSR count). The van der Waals surface area contributed by atoms with Gasteiger partial charge >= 0.3 is 5.97 Å². The molecule has 1 aliphatic rings. The zero-order valence-electron chi connectivity index (χ0n) is 9.50. The van der Waals surface area contributed by atoms with Gasteiger partial charge in [-0.25, -0.2) is 4.79 Å². The van der Waals surface area contributed by atoms with Crippen LogP contribution in [0.4, 0.5) is 5.69 Å². The standard InChI is InChI=1S/C7H7NO2.C5H10O2/c8-6-3-1-5(2-4-6)7(9)10;6-4-5-2-1-3-7-5/h1-4H,8H2,(H,9,10);5-6H,1-4H2. The van der Waals surface area contributed by atoms with Gasteiger partial charge in [0, 0.05) is 12.3 Å². The summed E-state index contributed by atoms with van der Waals surface area (Å²) >= 11 is 0. The van der Waals surface area contributed by atoms with E-state index >= 15 is 0 Å². The summed E-state index contributed by atoms with van der Waals surface area (Å²) in [6, 6.07) is 6.06. The van der Waals surface area contributed by atoms with Gasteiger partial charge in [-0.15, -0.1) is 0 Å². The predicted octanol–water partition coefficient (Wildman–Crippen LogP) is 1.12. The average Bonchev–Trinajstić information content (AvgIpc) is 2.83. The summed E-state index contributed by atoms with van der Waals surface area (Å²) in [5.74, 6) is -0.931. The summed E-state index contributed by atoms with van der Waals surface area (Å²) in [6.07, 6.45) is 2.31. The molecule has 1 aromatic rings. The minimum absolute atomic E-state index is 0.153. The molecule has 94 valence electrons. The van der Waals surface area contributed by atoms with Gasteiger partial charge in [0.15, 0.2) is 0 Å². The molecule has 1 aromatic carbocycles. The van der Waals surface area contributed by atoms with E-state index in [0.717, 1.165) is 19.4 Å². The highest BCUT2D eigenvalue weighted by atomic mass is 16.5. The van der Waals surface area contributed by atoms with Crippen molar-refractivity contribution >= 4 is 11.7 Å². The zero-order valence-corrected chi connectivity index (χ0v) is 9.50. The van der Waals surface area contributed by atoms with Crippen LogP contribution in [0.5, 0.6) is 0 Å². The molecule has 17 heavy (non-hydrogen) atoms. The Labute approximate surface area is 99.8 Å². The van der Waals surface area contributed by atoms with Crippen molar-refractivity contribution in [2.75, 3.05) is 18.9 Å². The summed E-state index contributed by atoms with van der Waals surface area (Å²) in [6.45, 7) is 1.03. The molecule has 4 N–H and O–H groups in total. The van der Waals surface area contributed by atoms with E-state index < -0.39 is 5.97 Å². The zero-order chi connectivity index (χ0) is 12.7. The second-order valence-electron chi connectivity index (χ2n) is 3.74. The van der Waals surface area contributed by atoms with Crippen molar-refractivity contribution in [2.45, 2.75) is 18.9 Å². The van der Waals surface area contributed by atoms with Gasteiger partial charge < -0.3 is 20.7 Å². The van der Waals surface area contributed by atoms with Gasteiger partial charge in [-0.1, -0.05) is 0 Å². The maximum absolute atomic E-state index is 10.3. The highest BCUT2D eigenvalue weighted by molar-refractivity contribution is 5.87. The second kappa shape index (κ2) is 6.88. The average molecular weight is 239 g/mol. The molecule has 0 radical (unpaired) electrons. The van der Waals surface area contributed by atoms with Gasteiger partial charge in [0.25, 0.3) is 0 Å². The van der Waals surface area contributed by atoms with Crippen molar-refractivity contribution in [3.8, 4) is 0 Å². The number of hydrogen-bond donors (Lipinski definition) is 3. The van der Waals surface area contributed by atoms with Gasteiger partial charge in [-0.3, -0.25) is 0 Å². The Morgan fingerprint density at radius 3 is 2.41 bits per heavy atom. The number of aromatic carboxylic acids is 1. The lowest BCUT2D eigenvalue weighted by atomic mass is 10.2. The molecule has 1 heterocycles. The van der Waals surface area contributed by atoms with Crippen LogP contribution in [-0.4, -0.2) is 35.5 Å². The molecule has 1 saturated heterocycles. The molecule has 5 nitrogen and oxygen atoms in total. The van der Waals surface area contributed by atoms with Gasteiger partial charge in [0.1, 0.15) is 0 Å². The largest absolute Gasteiger partial charge is 0.478 e. The van der Waals surface area contributed by atoms with Crippen molar-refractivity contribution in [1.29, 1.82) is 0 Å². The number of aliphatic hydroxyl groups excluding tert-OH is 1. The molecule has 0 saturated carbocycles. The van der Waals surface area contributed by atoms with Gasteiger partial charge in [0.05, 0.1) is 18.3 Å². The monoisotopic (exact) mass is 239 g/mol. The van der Waals surface area contributed by atoms with Crippen LogP contribution in [-0.2, 0) is 4.74 Å². The molecular weight excluding hydrogens is 222 g/mol. The normalized spacial score (nSPS) is 18.3. The molecule has 0 aromatic heterocycles. The van der Waals surface area contributed by atoms with Crippen LogP contribution in [0.1, 0.15) is 23.2 Å². The number of carboxylic acids is 1. The molecule has 0 aliphatic carbocycles. The lowest BCUT2D eigenvalue weighted by Crippen LogP contribution is -2.09. The van der Waals surface area contributed by atoms with Crippen molar-refractivity contribution in [2.24, 2.45) is 0 Å². The Kier molecular flexibility index (Phi) is 5.45. The Bertz CT molecular complexity index is 344. The number of hydrogen-bond acceptors (Lipinski definition) is 4. The first kappa shape index (κ1) is 13.5. The molecule has 5 heteroatoms. The molecule has 1 unspecified atom stereocenters. The van der Waals surface area contributed by atoms with E-state index in [1.54, 1.807) is 12.1 Å². The van der Waals surface area contributed by atoms with Crippen molar-refractivity contribution in [3.63, 3.8) is 0 Å². The molecule has 1 atom stereocenters. The first-order valence-corrected chi connectivity index (χ1v) is 5.44. The van der Waals surface area contributed by atoms with Crippen LogP contribution in [0.15, 0.2) is 24.3 Å². The topological polar surface area (TPSA) is 92.8 Å². The number of anilines is 1. The van der Waals surface area contributed by atoms with Crippen molar-refractivity contribution < 1.29 is 19.7 Å². The first-order chi connectivity index (χ1) is 8.13. The number of carbonyl (C=O) groups is 1. The highest BCUT2D eigenvalue weighted by Crippen LogP contribution is 2.09. The van der Waals surface area contributed by atoms with Crippen LogP contribution >= 0.6 is 0 Å². The number of ether oxygens (including phenoxy) is 1. The fourth-order valence-electron chi connectivity index (χ4n) is 1.41. The Balaban J connectivity index is 0.000000181. The van der Waals surface area contributed by atoms with Crippen LogP contribution in [0.2, 0.25) is 0 Å². The Morgan fingerprint density at radius 1 is 1.41 bits per heavy atom. The summed E-state index contributed by atoms with van der Waals surface area (Å²) in [5.41, 5.74) is 6.17. The van der Waals surface area contributed by atoms with E-state index in [4.69, 9.17) is 20.7 Å². The molecule has 1 aliphatic heterocycles. The Morgan fingerprint density at radius 2 is 2.06 bits per heavy atom. The van der Waals surface area contributed by atoms with Crippen LogP contribution < -0.4 is 5.73 Å². The number of nitrogen functional groups attached to an aromatic ring is 1. The number of rotatable bonds is 2. The van der Waals surface area contributed by atoms with E-state index in [0.29, 0.717) is 5.69 Å². The third-order valence-corrected chi connectivity index (χ3v) is 2.39. The van der Waals surface area contributed by atoms with Crippen LogP contribution in [0.25, 0.3) is 0 Å². The fraction of sp³-hybridized carbons (Fsp3) is 0.417. The third kappa shape index (κ3) is 4.84. The number of carboxylic acid groups (broad SMARTS) is 1. The van der Waals surface area contributed by atoms with E-state index in [-0.39, 0.29) is 18.3 Å². The maximum atomic E-state index is 10.3. The minimum atomic E-state index is -0.931. The lowest BCUT2D eigenvalue weighted by molar-refractivity contribution is 0.0591. The minimum Gasteiger partial charge on any atom is -0.478 e. The third-order valence-electron chi connectivity index (χ3n) is 2.39. The van der Waals surface area contributed by atoms with E-state index in [1.807, 2.05) is 0 Å². The van der Waals surface area contributed by atoms with Crippen molar-refractivity contribution in [3.05, 3.63) is 29.8 Å². The smallest absolute Gasteiger partial charge is 0.335 e. The summed E-state index contributed by atoms with van der Waals surface area (Å²) in [7, 11) is 0. The number of benzene rings is 1. The SMILES string of the molecule is Nc1ccc(C(=O)O)cc1.OCC1CCCO1. The van der Waals surface area contributed by atoms with E-state index in [1.165, 1.54) is 12.1 Å². The highest BCUT2D eigenvalue weighted by Gasteiger charge is 2.12. The summed E-state index contributed by atoms with van der Waals surface area (Å²) < 4.78 is 5.05. The molecule has 0 bridgehead atoms. The van der Waals surface area contributed by atoms with Crippen LogP contribution in [0.3, 0.4) is 0 Å². The first-order valence-electron chi connectivity index (χ1n) is 5.44. The Hall–Kier alpha value is -1.59. The van der Waals surface area contributed by atoms with Crippen molar-refractivity contribution in [1.82, 2.24) is 0 Å². The van der Waals surface area contributed by atoms with E-state index in [2.05, 4.69) is 0 Å². The van der Waals surface area contributed by atoms with E-state index in [9.17, 15) is 4.79 Å². The summed E-state index contributed by atoms with van der Waals surface area (Å²) in [4.78, 5) is 10.3. The quantitative estimate of drug-likeness (QED) is 0.672. The number of nitrogens with two attached hydrogens (primary N) is 1. The number of aliphatic hydroxyl groups is 1. The molecule has 1 fully saturated rings. The van der Waals surface area contributed by atoms with Crippen LogP contribution in [0, 0.1) is 0 Å². The fourth-order valence-corrected chi connectivity index (χ4v) is 1.41. The second-order valence-corrected chi connectivity index (χ2v) is 3.74. The molecule has 0 amide bonds.